The van der Waals surface area contributed by atoms with Gasteiger partial charge in [0.05, 0.1) is 5.75 Å². The largest absolute Gasteiger partial charge is 0.216 e. The summed E-state index contributed by atoms with van der Waals surface area (Å²) in [6, 6.07) is 7.91. The molecule has 1 aromatic carbocycles. The summed E-state index contributed by atoms with van der Waals surface area (Å²) in [7, 11) is -3.21. The van der Waals surface area contributed by atoms with Crippen LogP contribution in [0, 0.1) is 18.8 Å². The molecule has 2 bridgehead atoms. The van der Waals surface area contributed by atoms with Crippen molar-refractivity contribution >= 4 is 10.0 Å². The van der Waals surface area contributed by atoms with E-state index in [0.717, 1.165) is 23.5 Å². The Bertz CT molecular complexity index is 567. The van der Waals surface area contributed by atoms with E-state index in [4.69, 9.17) is 0 Å². The molecule has 0 heterocycles. The maximum Gasteiger partial charge on any atom is 0.216 e. The normalized spacial score (nSPS) is 29.8. The van der Waals surface area contributed by atoms with Crippen LogP contribution in [0.25, 0.3) is 0 Å². The molecule has 1 N–H and O–H groups in total. The maximum absolute atomic E-state index is 12.2. The van der Waals surface area contributed by atoms with Crippen molar-refractivity contribution in [3.63, 3.8) is 0 Å². The lowest BCUT2D eigenvalue weighted by atomic mass is 9.96. The fourth-order valence-electron chi connectivity index (χ4n) is 3.68. The summed E-state index contributed by atoms with van der Waals surface area (Å²) in [5, 5.41) is 0. The minimum atomic E-state index is -3.21. The van der Waals surface area contributed by atoms with Crippen LogP contribution in [0.4, 0.5) is 0 Å². The monoisotopic (exact) mass is 279 g/mol. The number of rotatable bonds is 4. The third-order valence-corrected chi connectivity index (χ3v) is 5.88. The van der Waals surface area contributed by atoms with Crippen LogP contribution in [-0.2, 0) is 15.8 Å². The second kappa shape index (κ2) is 4.91. The average Bonchev–Trinajstić information content (AvgIpc) is 2.89. The third kappa shape index (κ3) is 3.00. The van der Waals surface area contributed by atoms with Gasteiger partial charge in [-0.3, -0.25) is 0 Å². The molecule has 0 unspecified atom stereocenters. The molecular weight excluding hydrogens is 258 g/mol. The van der Waals surface area contributed by atoms with E-state index >= 15 is 0 Å². The molecule has 3 nitrogen and oxygen atoms in total. The van der Waals surface area contributed by atoms with Crippen LogP contribution in [-0.4, -0.2) is 14.5 Å². The Kier molecular flexibility index (Phi) is 3.39. The van der Waals surface area contributed by atoms with Gasteiger partial charge in [-0.05, 0) is 43.6 Å². The van der Waals surface area contributed by atoms with Crippen LogP contribution in [0.1, 0.15) is 36.8 Å². The number of benzene rings is 1. The van der Waals surface area contributed by atoms with Gasteiger partial charge in [-0.25, -0.2) is 13.1 Å². The zero-order valence-electron chi connectivity index (χ0n) is 11.3. The number of hydrogen-bond acceptors (Lipinski definition) is 2. The Morgan fingerprint density at radius 1 is 1.26 bits per heavy atom. The first-order chi connectivity index (χ1) is 9.02. The van der Waals surface area contributed by atoms with Gasteiger partial charge in [-0.1, -0.05) is 36.2 Å². The first kappa shape index (κ1) is 13.1. The van der Waals surface area contributed by atoms with E-state index < -0.39 is 10.0 Å². The van der Waals surface area contributed by atoms with Crippen molar-refractivity contribution < 1.29 is 8.42 Å². The maximum atomic E-state index is 12.2. The van der Waals surface area contributed by atoms with E-state index in [1.807, 2.05) is 31.2 Å². The van der Waals surface area contributed by atoms with Gasteiger partial charge in [0.25, 0.3) is 0 Å². The molecule has 4 heteroatoms. The Balaban J connectivity index is 1.66. The number of aryl methyl sites for hydroxylation is 1. The predicted octanol–water partition coefficient (Wildman–Crippen LogP) is 2.60. The summed E-state index contributed by atoms with van der Waals surface area (Å²) in [4.78, 5) is 0. The lowest BCUT2D eigenvalue weighted by Gasteiger charge is -2.22. The fourth-order valence-corrected chi connectivity index (χ4v) is 5.13. The van der Waals surface area contributed by atoms with Gasteiger partial charge in [-0.15, -0.1) is 0 Å². The molecule has 3 rings (SSSR count). The third-order valence-electron chi connectivity index (χ3n) is 4.51. The SMILES string of the molecule is Cc1cccc(CS(=O)(=O)N[C@@H]2C[C@H]3CC[C@H]2C3)c1. The molecule has 2 aliphatic carbocycles. The van der Waals surface area contributed by atoms with Gasteiger partial charge in [0.15, 0.2) is 0 Å². The van der Waals surface area contributed by atoms with Gasteiger partial charge < -0.3 is 0 Å². The van der Waals surface area contributed by atoms with Gasteiger partial charge in [0.1, 0.15) is 0 Å². The molecule has 19 heavy (non-hydrogen) atoms. The van der Waals surface area contributed by atoms with Crippen molar-refractivity contribution in [3.8, 4) is 0 Å². The fraction of sp³-hybridized carbons (Fsp3) is 0.600. The molecule has 0 aromatic heterocycles. The van der Waals surface area contributed by atoms with E-state index in [9.17, 15) is 8.42 Å². The molecular formula is C15H21NO2S. The molecule has 1 aromatic rings. The summed E-state index contributed by atoms with van der Waals surface area (Å²) in [5.41, 5.74) is 1.98. The Morgan fingerprint density at radius 3 is 2.74 bits per heavy atom. The van der Waals surface area contributed by atoms with E-state index in [1.54, 1.807) is 0 Å². The molecule has 0 spiro atoms. The predicted molar refractivity (Wildman–Crippen MR) is 76.2 cm³/mol. The number of nitrogens with one attached hydrogen (secondary N) is 1. The van der Waals surface area contributed by atoms with E-state index in [1.165, 1.54) is 19.3 Å². The van der Waals surface area contributed by atoms with E-state index in [0.29, 0.717) is 5.92 Å². The van der Waals surface area contributed by atoms with Crippen molar-refractivity contribution in [1.82, 2.24) is 4.72 Å². The molecule has 2 aliphatic rings. The molecule has 104 valence electrons. The lowest BCUT2D eigenvalue weighted by molar-refractivity contribution is 0.390. The van der Waals surface area contributed by atoms with E-state index in [2.05, 4.69) is 4.72 Å². The molecule has 0 radical (unpaired) electrons. The van der Waals surface area contributed by atoms with Crippen LogP contribution in [0.15, 0.2) is 24.3 Å². The zero-order valence-corrected chi connectivity index (χ0v) is 12.1. The van der Waals surface area contributed by atoms with Crippen molar-refractivity contribution in [2.45, 2.75) is 44.4 Å². The van der Waals surface area contributed by atoms with E-state index in [-0.39, 0.29) is 11.8 Å². The summed E-state index contributed by atoms with van der Waals surface area (Å²) in [5.74, 6) is 1.44. The zero-order chi connectivity index (χ0) is 13.5. The summed E-state index contributed by atoms with van der Waals surface area (Å²) in [6.07, 6.45) is 4.75. The molecule has 0 aliphatic heterocycles. The molecule has 2 saturated carbocycles. The van der Waals surface area contributed by atoms with Gasteiger partial charge in [0, 0.05) is 6.04 Å². The van der Waals surface area contributed by atoms with Crippen LogP contribution < -0.4 is 4.72 Å². The highest BCUT2D eigenvalue weighted by molar-refractivity contribution is 7.88. The number of sulfonamides is 1. The average molecular weight is 279 g/mol. The minimum absolute atomic E-state index is 0.0998. The number of hydrogen-bond donors (Lipinski definition) is 1. The number of fused-ring (bicyclic) bond motifs is 2. The van der Waals surface area contributed by atoms with Gasteiger partial charge in [0.2, 0.25) is 10.0 Å². The standard InChI is InChI=1S/C15H21NO2S/c1-11-3-2-4-13(7-11)10-19(17,18)16-15-9-12-5-6-14(15)8-12/h2-4,7,12,14-16H,5-6,8-10H2,1H3/t12-,14-,15+/m0/s1. The van der Waals surface area contributed by atoms with Gasteiger partial charge >= 0.3 is 0 Å². The first-order valence-corrected chi connectivity index (χ1v) is 8.72. The Hall–Kier alpha value is -0.870. The second-order valence-corrected chi connectivity index (χ2v) is 7.90. The highest BCUT2D eigenvalue weighted by Crippen LogP contribution is 2.44. The molecule has 0 amide bonds. The second-order valence-electron chi connectivity index (χ2n) is 6.15. The lowest BCUT2D eigenvalue weighted by Crippen LogP contribution is -2.39. The topological polar surface area (TPSA) is 46.2 Å². The summed E-state index contributed by atoms with van der Waals surface area (Å²) in [6.45, 7) is 1.99. The highest BCUT2D eigenvalue weighted by atomic mass is 32.2. The molecule has 0 saturated heterocycles. The van der Waals surface area contributed by atoms with Crippen molar-refractivity contribution in [1.29, 1.82) is 0 Å². The van der Waals surface area contributed by atoms with Crippen LogP contribution >= 0.6 is 0 Å². The minimum Gasteiger partial charge on any atom is -0.212 e. The Labute approximate surface area is 115 Å². The van der Waals surface area contributed by atoms with Crippen LogP contribution in [0.2, 0.25) is 0 Å². The quantitative estimate of drug-likeness (QED) is 0.921. The summed E-state index contributed by atoms with van der Waals surface area (Å²) < 4.78 is 27.4. The van der Waals surface area contributed by atoms with Crippen molar-refractivity contribution in [2.75, 3.05) is 0 Å². The molecule has 3 atom stereocenters. The highest BCUT2D eigenvalue weighted by Gasteiger charge is 2.40. The smallest absolute Gasteiger partial charge is 0.212 e. The van der Waals surface area contributed by atoms with Crippen molar-refractivity contribution in [2.24, 2.45) is 11.8 Å². The molecule has 2 fully saturated rings. The Morgan fingerprint density at radius 2 is 2.11 bits per heavy atom. The van der Waals surface area contributed by atoms with Crippen LogP contribution in [0.3, 0.4) is 0 Å². The summed E-state index contributed by atoms with van der Waals surface area (Å²) >= 11 is 0. The van der Waals surface area contributed by atoms with Crippen LogP contribution in [0.5, 0.6) is 0 Å². The van der Waals surface area contributed by atoms with Crippen molar-refractivity contribution in [3.05, 3.63) is 35.4 Å². The first-order valence-electron chi connectivity index (χ1n) is 7.07. The van der Waals surface area contributed by atoms with Gasteiger partial charge in [-0.2, -0.15) is 0 Å².